The first-order valence-electron chi connectivity index (χ1n) is 6.11. The fraction of sp³-hybridized carbons (Fsp3) is 0.214. The molecule has 2 aromatic rings. The molecule has 0 bridgehead atoms. The molecule has 0 aliphatic carbocycles. The van der Waals surface area contributed by atoms with Crippen LogP contribution in [0.4, 0.5) is 11.4 Å². The average molecular weight is 257 g/mol. The van der Waals surface area contributed by atoms with E-state index in [1.165, 1.54) is 6.07 Å². The number of nitro groups is 1. The van der Waals surface area contributed by atoms with Crippen molar-refractivity contribution in [1.82, 2.24) is 4.98 Å². The van der Waals surface area contributed by atoms with Gasteiger partial charge >= 0.3 is 0 Å². The number of nitrogens with one attached hydrogen (secondary N) is 1. The number of hydrogen-bond donors (Lipinski definition) is 1. The third-order valence-corrected chi connectivity index (χ3v) is 2.89. The standard InChI is InChI=1S/C14H15N3O2/c1-2-14(16-12-6-4-8-15-10-12)11-5-3-7-13(9-11)17(18)19/h3-10,14,16H,2H2,1H3. The monoisotopic (exact) mass is 257 g/mol. The van der Waals surface area contributed by atoms with Gasteiger partial charge < -0.3 is 5.32 Å². The number of hydrogen-bond acceptors (Lipinski definition) is 4. The van der Waals surface area contributed by atoms with Gasteiger partial charge in [-0.2, -0.15) is 0 Å². The van der Waals surface area contributed by atoms with Gasteiger partial charge in [-0.05, 0) is 24.1 Å². The van der Waals surface area contributed by atoms with E-state index in [2.05, 4.69) is 10.3 Å². The van der Waals surface area contributed by atoms with E-state index in [-0.39, 0.29) is 16.7 Å². The molecule has 1 aromatic carbocycles. The van der Waals surface area contributed by atoms with Crippen molar-refractivity contribution in [2.45, 2.75) is 19.4 Å². The van der Waals surface area contributed by atoms with Crippen LogP contribution in [-0.4, -0.2) is 9.91 Å². The zero-order valence-electron chi connectivity index (χ0n) is 10.6. The van der Waals surface area contributed by atoms with Gasteiger partial charge in [0.2, 0.25) is 0 Å². The van der Waals surface area contributed by atoms with Gasteiger partial charge in [0.15, 0.2) is 0 Å². The summed E-state index contributed by atoms with van der Waals surface area (Å²) in [4.78, 5) is 14.5. The van der Waals surface area contributed by atoms with Gasteiger partial charge in [-0.3, -0.25) is 15.1 Å². The number of rotatable bonds is 5. The lowest BCUT2D eigenvalue weighted by Crippen LogP contribution is -2.10. The van der Waals surface area contributed by atoms with Crippen LogP contribution < -0.4 is 5.32 Å². The van der Waals surface area contributed by atoms with Crippen LogP contribution in [0.15, 0.2) is 48.8 Å². The molecule has 1 atom stereocenters. The molecule has 1 N–H and O–H groups in total. The van der Waals surface area contributed by atoms with E-state index in [0.717, 1.165) is 17.7 Å². The molecule has 2 rings (SSSR count). The molecular formula is C14H15N3O2. The molecule has 5 heteroatoms. The number of aromatic nitrogens is 1. The molecule has 1 aromatic heterocycles. The Morgan fingerprint density at radius 1 is 1.37 bits per heavy atom. The molecule has 0 spiro atoms. The van der Waals surface area contributed by atoms with Crippen LogP contribution in [-0.2, 0) is 0 Å². The van der Waals surface area contributed by atoms with Crippen molar-refractivity contribution in [3.63, 3.8) is 0 Å². The van der Waals surface area contributed by atoms with Gasteiger partial charge in [-0.1, -0.05) is 19.1 Å². The summed E-state index contributed by atoms with van der Waals surface area (Å²) in [7, 11) is 0. The first kappa shape index (κ1) is 13.0. The molecule has 0 aliphatic heterocycles. The number of nitro benzene ring substituents is 1. The van der Waals surface area contributed by atoms with E-state index < -0.39 is 0 Å². The molecular weight excluding hydrogens is 242 g/mol. The van der Waals surface area contributed by atoms with Crippen molar-refractivity contribution in [3.05, 3.63) is 64.5 Å². The molecule has 19 heavy (non-hydrogen) atoms. The molecule has 0 aliphatic rings. The second kappa shape index (κ2) is 5.95. The van der Waals surface area contributed by atoms with Crippen molar-refractivity contribution in [1.29, 1.82) is 0 Å². The maximum absolute atomic E-state index is 10.8. The minimum absolute atomic E-state index is 0.0316. The highest BCUT2D eigenvalue weighted by molar-refractivity contribution is 5.44. The predicted octanol–water partition coefficient (Wildman–Crippen LogP) is 3.55. The fourth-order valence-corrected chi connectivity index (χ4v) is 1.93. The molecule has 1 heterocycles. The van der Waals surface area contributed by atoms with Crippen LogP contribution in [0.1, 0.15) is 24.9 Å². The zero-order valence-corrected chi connectivity index (χ0v) is 10.6. The molecule has 5 nitrogen and oxygen atoms in total. The van der Waals surface area contributed by atoms with Crippen molar-refractivity contribution >= 4 is 11.4 Å². The van der Waals surface area contributed by atoms with Gasteiger partial charge in [0.25, 0.3) is 5.69 Å². The minimum atomic E-state index is -0.375. The van der Waals surface area contributed by atoms with E-state index in [4.69, 9.17) is 0 Å². The minimum Gasteiger partial charge on any atom is -0.377 e. The Morgan fingerprint density at radius 3 is 2.84 bits per heavy atom. The third kappa shape index (κ3) is 3.28. The number of pyridine rings is 1. The normalized spacial score (nSPS) is 11.8. The maximum Gasteiger partial charge on any atom is 0.269 e. The Balaban J connectivity index is 2.22. The molecule has 0 saturated carbocycles. The molecule has 1 unspecified atom stereocenters. The van der Waals surface area contributed by atoms with Crippen LogP contribution in [0, 0.1) is 10.1 Å². The van der Waals surface area contributed by atoms with Crippen LogP contribution in [0.2, 0.25) is 0 Å². The lowest BCUT2D eigenvalue weighted by Gasteiger charge is -2.18. The third-order valence-electron chi connectivity index (χ3n) is 2.89. The predicted molar refractivity (Wildman–Crippen MR) is 74.0 cm³/mol. The number of nitrogens with zero attached hydrogens (tertiary/aromatic N) is 2. The van der Waals surface area contributed by atoms with Gasteiger partial charge in [-0.25, -0.2) is 0 Å². The van der Waals surface area contributed by atoms with Gasteiger partial charge in [0.05, 0.1) is 16.7 Å². The SMILES string of the molecule is CCC(Nc1cccnc1)c1cccc([N+](=O)[O-])c1. The Kier molecular flexibility index (Phi) is 4.07. The zero-order chi connectivity index (χ0) is 13.7. The van der Waals surface area contributed by atoms with Crippen molar-refractivity contribution < 1.29 is 4.92 Å². The van der Waals surface area contributed by atoms with Crippen LogP contribution in [0.5, 0.6) is 0 Å². The topological polar surface area (TPSA) is 68.1 Å². The summed E-state index contributed by atoms with van der Waals surface area (Å²) >= 11 is 0. The fourth-order valence-electron chi connectivity index (χ4n) is 1.93. The molecule has 0 amide bonds. The smallest absolute Gasteiger partial charge is 0.269 e. The van der Waals surface area contributed by atoms with Gasteiger partial charge in [-0.15, -0.1) is 0 Å². The molecule has 0 radical (unpaired) electrons. The highest BCUT2D eigenvalue weighted by Crippen LogP contribution is 2.25. The number of benzene rings is 1. The maximum atomic E-state index is 10.8. The largest absolute Gasteiger partial charge is 0.377 e. The van der Waals surface area contributed by atoms with Crippen molar-refractivity contribution in [2.75, 3.05) is 5.32 Å². The molecule has 98 valence electrons. The number of non-ortho nitro benzene ring substituents is 1. The summed E-state index contributed by atoms with van der Waals surface area (Å²) in [5, 5.41) is 14.1. The summed E-state index contributed by atoms with van der Waals surface area (Å²) in [6.07, 6.45) is 4.27. The second-order valence-electron chi connectivity index (χ2n) is 4.20. The second-order valence-corrected chi connectivity index (χ2v) is 4.20. The number of anilines is 1. The Morgan fingerprint density at radius 2 is 2.21 bits per heavy atom. The quantitative estimate of drug-likeness (QED) is 0.657. The summed E-state index contributed by atoms with van der Waals surface area (Å²) < 4.78 is 0. The van der Waals surface area contributed by atoms with Crippen LogP contribution >= 0.6 is 0 Å². The van der Waals surface area contributed by atoms with Gasteiger partial charge in [0, 0.05) is 24.5 Å². The summed E-state index contributed by atoms with van der Waals surface area (Å²) in [6.45, 7) is 2.03. The van der Waals surface area contributed by atoms with E-state index in [0.29, 0.717) is 0 Å². The van der Waals surface area contributed by atoms with E-state index in [1.807, 2.05) is 25.1 Å². The first-order chi connectivity index (χ1) is 9.20. The lowest BCUT2D eigenvalue weighted by atomic mass is 10.0. The summed E-state index contributed by atoms with van der Waals surface area (Å²) in [5.74, 6) is 0. The van der Waals surface area contributed by atoms with Gasteiger partial charge in [0.1, 0.15) is 0 Å². The van der Waals surface area contributed by atoms with E-state index in [1.54, 1.807) is 24.5 Å². The summed E-state index contributed by atoms with van der Waals surface area (Å²) in [6, 6.07) is 10.5. The van der Waals surface area contributed by atoms with Crippen LogP contribution in [0.25, 0.3) is 0 Å². The summed E-state index contributed by atoms with van der Waals surface area (Å²) in [5.41, 5.74) is 1.92. The Labute approximate surface area is 111 Å². The Bertz CT molecular complexity index is 558. The highest BCUT2D eigenvalue weighted by atomic mass is 16.6. The van der Waals surface area contributed by atoms with Crippen LogP contribution in [0.3, 0.4) is 0 Å². The van der Waals surface area contributed by atoms with E-state index in [9.17, 15) is 10.1 Å². The van der Waals surface area contributed by atoms with Crippen molar-refractivity contribution in [3.8, 4) is 0 Å². The molecule has 0 fully saturated rings. The Hall–Kier alpha value is -2.43. The van der Waals surface area contributed by atoms with Crippen molar-refractivity contribution in [2.24, 2.45) is 0 Å². The lowest BCUT2D eigenvalue weighted by molar-refractivity contribution is -0.384. The highest BCUT2D eigenvalue weighted by Gasteiger charge is 2.13. The van der Waals surface area contributed by atoms with E-state index >= 15 is 0 Å². The first-order valence-corrected chi connectivity index (χ1v) is 6.11. The average Bonchev–Trinajstić information content (AvgIpc) is 2.46. The molecule has 0 saturated heterocycles.